The van der Waals surface area contributed by atoms with E-state index < -0.39 is 5.82 Å². The van der Waals surface area contributed by atoms with E-state index in [9.17, 15) is 9.18 Å². The predicted molar refractivity (Wildman–Crippen MR) is 106 cm³/mol. The van der Waals surface area contributed by atoms with Gasteiger partial charge in [-0.1, -0.05) is 35.9 Å². The fourth-order valence-electron chi connectivity index (χ4n) is 2.38. The minimum Gasteiger partial charge on any atom is -0.491 e. The summed E-state index contributed by atoms with van der Waals surface area (Å²) in [5.41, 5.74) is 1.85. The van der Waals surface area contributed by atoms with Crippen molar-refractivity contribution >= 4 is 28.8 Å². The number of rotatable bonds is 8. The summed E-state index contributed by atoms with van der Waals surface area (Å²) in [5.74, 6) is -0.284. The molecule has 0 atom stereocenters. The molecule has 7 heteroatoms. The zero-order valence-corrected chi connectivity index (χ0v) is 16.0. The molecule has 1 N–H and O–H groups in total. The maximum atomic E-state index is 13.4. The maximum absolute atomic E-state index is 13.4. The number of nitrogens with one attached hydrogen (secondary N) is 1. The standard InChI is InChI=1S/C20H18ClFN2O2S/c21-15-9-7-14(8-10-15)17-13-27-20(24-17)12-23-19(25)6-3-11-26-18-5-2-1-4-16(18)22/h1-2,4-5,7-10,13H,3,6,11-12H2,(H,23,25). The van der Waals surface area contributed by atoms with Crippen LogP contribution < -0.4 is 10.1 Å². The Morgan fingerprint density at radius 1 is 1.19 bits per heavy atom. The molecular formula is C20H18ClFN2O2S. The van der Waals surface area contributed by atoms with Gasteiger partial charge in [0, 0.05) is 22.4 Å². The van der Waals surface area contributed by atoms with Gasteiger partial charge in [0.15, 0.2) is 11.6 Å². The average Bonchev–Trinajstić information content (AvgIpc) is 3.14. The number of halogens is 2. The SMILES string of the molecule is O=C(CCCOc1ccccc1F)NCc1nc(-c2ccc(Cl)cc2)cs1. The van der Waals surface area contributed by atoms with Crippen LogP contribution in [-0.4, -0.2) is 17.5 Å². The van der Waals surface area contributed by atoms with Crippen LogP contribution in [0.15, 0.2) is 53.9 Å². The van der Waals surface area contributed by atoms with Gasteiger partial charge in [-0.25, -0.2) is 9.37 Å². The van der Waals surface area contributed by atoms with Gasteiger partial charge in [0.2, 0.25) is 5.91 Å². The third-order valence-electron chi connectivity index (χ3n) is 3.77. The van der Waals surface area contributed by atoms with E-state index in [-0.39, 0.29) is 18.3 Å². The highest BCUT2D eigenvalue weighted by Crippen LogP contribution is 2.23. The Labute approximate surface area is 166 Å². The zero-order chi connectivity index (χ0) is 19.1. The lowest BCUT2D eigenvalue weighted by Gasteiger charge is -2.07. The Hall–Kier alpha value is -2.44. The summed E-state index contributed by atoms with van der Waals surface area (Å²) in [6, 6.07) is 13.7. The van der Waals surface area contributed by atoms with Crippen LogP contribution >= 0.6 is 22.9 Å². The van der Waals surface area contributed by atoms with E-state index in [2.05, 4.69) is 10.3 Å². The molecule has 2 aromatic carbocycles. The van der Waals surface area contributed by atoms with Crippen molar-refractivity contribution in [3.63, 3.8) is 0 Å². The number of amides is 1. The molecule has 0 radical (unpaired) electrons. The van der Waals surface area contributed by atoms with Gasteiger partial charge in [-0.2, -0.15) is 0 Å². The molecule has 0 aliphatic carbocycles. The van der Waals surface area contributed by atoms with Gasteiger partial charge in [0.05, 0.1) is 18.8 Å². The minimum atomic E-state index is -0.401. The van der Waals surface area contributed by atoms with Gasteiger partial charge in [-0.05, 0) is 30.7 Å². The number of carbonyl (C=O) groups excluding carboxylic acids is 1. The Morgan fingerprint density at radius 2 is 1.96 bits per heavy atom. The number of para-hydroxylation sites is 1. The van der Waals surface area contributed by atoms with Crippen molar-refractivity contribution in [2.24, 2.45) is 0 Å². The van der Waals surface area contributed by atoms with E-state index in [4.69, 9.17) is 16.3 Å². The number of carbonyl (C=O) groups is 1. The molecule has 0 saturated heterocycles. The van der Waals surface area contributed by atoms with E-state index in [0.29, 0.717) is 24.4 Å². The van der Waals surface area contributed by atoms with Crippen molar-refractivity contribution in [1.29, 1.82) is 0 Å². The molecule has 1 aromatic heterocycles. The van der Waals surface area contributed by atoms with E-state index in [1.807, 2.05) is 29.6 Å². The third-order valence-corrected chi connectivity index (χ3v) is 4.87. The molecule has 0 aliphatic heterocycles. The molecule has 27 heavy (non-hydrogen) atoms. The number of aromatic nitrogens is 1. The highest BCUT2D eigenvalue weighted by Gasteiger charge is 2.07. The lowest BCUT2D eigenvalue weighted by molar-refractivity contribution is -0.121. The van der Waals surface area contributed by atoms with Gasteiger partial charge in [0.25, 0.3) is 0 Å². The van der Waals surface area contributed by atoms with E-state index >= 15 is 0 Å². The Kier molecular flexibility index (Phi) is 6.79. The highest BCUT2D eigenvalue weighted by molar-refractivity contribution is 7.09. The third kappa shape index (κ3) is 5.77. The molecule has 0 bridgehead atoms. The van der Waals surface area contributed by atoms with Gasteiger partial charge >= 0.3 is 0 Å². The van der Waals surface area contributed by atoms with E-state index in [0.717, 1.165) is 16.3 Å². The van der Waals surface area contributed by atoms with Crippen molar-refractivity contribution < 1.29 is 13.9 Å². The molecule has 0 aliphatic rings. The second kappa shape index (κ2) is 9.48. The fraction of sp³-hybridized carbons (Fsp3) is 0.200. The van der Waals surface area contributed by atoms with Crippen LogP contribution in [-0.2, 0) is 11.3 Å². The quantitative estimate of drug-likeness (QED) is 0.533. The summed E-state index contributed by atoms with van der Waals surface area (Å²) in [5, 5.41) is 6.30. The van der Waals surface area contributed by atoms with Gasteiger partial charge in [-0.3, -0.25) is 4.79 Å². The van der Waals surface area contributed by atoms with Crippen molar-refractivity contribution in [3.05, 3.63) is 69.8 Å². The molecule has 1 heterocycles. The summed E-state index contributed by atoms with van der Waals surface area (Å²) in [7, 11) is 0. The topological polar surface area (TPSA) is 51.2 Å². The fourth-order valence-corrected chi connectivity index (χ4v) is 3.25. The second-order valence-corrected chi connectivity index (χ2v) is 7.17. The molecular weight excluding hydrogens is 387 g/mol. The smallest absolute Gasteiger partial charge is 0.220 e. The molecule has 4 nitrogen and oxygen atoms in total. The van der Waals surface area contributed by atoms with Gasteiger partial charge in [-0.15, -0.1) is 11.3 Å². The summed E-state index contributed by atoms with van der Waals surface area (Å²) in [6.07, 6.45) is 0.817. The first-order valence-electron chi connectivity index (χ1n) is 8.46. The largest absolute Gasteiger partial charge is 0.491 e. The zero-order valence-electron chi connectivity index (χ0n) is 14.5. The summed E-state index contributed by atoms with van der Waals surface area (Å²) >= 11 is 7.38. The number of ether oxygens (including phenoxy) is 1. The van der Waals surface area contributed by atoms with E-state index in [1.54, 1.807) is 18.2 Å². The van der Waals surface area contributed by atoms with Crippen LogP contribution in [0.1, 0.15) is 17.8 Å². The number of thiazole rings is 1. The Bertz CT molecular complexity index is 899. The first-order valence-corrected chi connectivity index (χ1v) is 9.72. The Balaban J connectivity index is 1.39. The van der Waals surface area contributed by atoms with Gasteiger partial charge < -0.3 is 10.1 Å². The first kappa shape index (κ1) is 19.3. The summed E-state index contributed by atoms with van der Waals surface area (Å²) in [6.45, 7) is 0.664. The van der Waals surface area contributed by atoms with Crippen LogP contribution in [0.4, 0.5) is 4.39 Å². The summed E-state index contributed by atoms with van der Waals surface area (Å²) < 4.78 is 18.7. The van der Waals surface area contributed by atoms with Crippen molar-refractivity contribution in [2.45, 2.75) is 19.4 Å². The van der Waals surface area contributed by atoms with Crippen LogP contribution in [0.5, 0.6) is 5.75 Å². The minimum absolute atomic E-state index is 0.0876. The lowest BCUT2D eigenvalue weighted by atomic mass is 10.2. The first-order chi connectivity index (χ1) is 13.1. The molecule has 1 amide bonds. The molecule has 3 aromatic rings. The molecule has 0 fully saturated rings. The number of nitrogens with zero attached hydrogens (tertiary/aromatic N) is 1. The van der Waals surface area contributed by atoms with Crippen LogP contribution in [0, 0.1) is 5.82 Å². The molecule has 3 rings (SSSR count). The number of benzene rings is 2. The molecule has 0 unspecified atom stereocenters. The lowest BCUT2D eigenvalue weighted by Crippen LogP contribution is -2.22. The van der Waals surface area contributed by atoms with E-state index in [1.165, 1.54) is 17.4 Å². The maximum Gasteiger partial charge on any atom is 0.220 e. The molecule has 140 valence electrons. The molecule has 0 saturated carbocycles. The predicted octanol–water partition coefficient (Wildman–Crippen LogP) is 5.08. The average molecular weight is 405 g/mol. The van der Waals surface area contributed by atoms with Crippen LogP contribution in [0.3, 0.4) is 0 Å². The van der Waals surface area contributed by atoms with Crippen LogP contribution in [0.25, 0.3) is 11.3 Å². The van der Waals surface area contributed by atoms with Gasteiger partial charge in [0.1, 0.15) is 5.01 Å². The normalized spacial score (nSPS) is 10.6. The number of hydrogen-bond donors (Lipinski definition) is 1. The second-order valence-electron chi connectivity index (χ2n) is 5.79. The van der Waals surface area contributed by atoms with Crippen LogP contribution in [0.2, 0.25) is 5.02 Å². The van der Waals surface area contributed by atoms with Crippen molar-refractivity contribution in [1.82, 2.24) is 10.3 Å². The Morgan fingerprint density at radius 3 is 2.74 bits per heavy atom. The monoisotopic (exact) mass is 404 g/mol. The molecule has 0 spiro atoms. The van der Waals surface area contributed by atoms with Crippen molar-refractivity contribution in [3.8, 4) is 17.0 Å². The number of hydrogen-bond acceptors (Lipinski definition) is 4. The highest BCUT2D eigenvalue weighted by atomic mass is 35.5. The summed E-state index contributed by atoms with van der Waals surface area (Å²) in [4.78, 5) is 16.5. The van der Waals surface area contributed by atoms with Crippen molar-refractivity contribution in [2.75, 3.05) is 6.61 Å².